The number of ketones is 1. The molecule has 1 aliphatic rings. The summed E-state index contributed by atoms with van der Waals surface area (Å²) in [5.41, 5.74) is 0. The summed E-state index contributed by atoms with van der Waals surface area (Å²) in [7, 11) is 1.58. The van der Waals surface area contributed by atoms with Crippen LogP contribution in [0, 0.1) is 0 Å². The van der Waals surface area contributed by atoms with Crippen molar-refractivity contribution in [3.63, 3.8) is 0 Å². The van der Waals surface area contributed by atoms with E-state index in [0.29, 0.717) is 37.7 Å². The molecule has 0 radical (unpaired) electrons. The molecule has 124 valence electrons. The first-order valence-electron chi connectivity index (χ1n) is 7.19. The smallest absolute Gasteiger partial charge is 0.333 e. The molecule has 0 aromatic rings. The van der Waals surface area contributed by atoms with Crippen LogP contribution >= 0.6 is 0 Å². The van der Waals surface area contributed by atoms with Crippen LogP contribution in [0.5, 0.6) is 0 Å². The van der Waals surface area contributed by atoms with Gasteiger partial charge in [-0.15, -0.1) is 5.06 Å². The summed E-state index contributed by atoms with van der Waals surface area (Å²) in [5, 5.41) is 0.483. The molecule has 0 aromatic carbocycles. The molecule has 0 aliphatic carbocycles. The Morgan fingerprint density at radius 2 is 1.68 bits per heavy atom. The lowest BCUT2D eigenvalue weighted by Crippen LogP contribution is -2.32. The first-order valence-corrected chi connectivity index (χ1v) is 7.19. The number of ether oxygens (including phenoxy) is 2. The number of carbonyl (C=O) groups excluding carboxylic acids is 4. The van der Waals surface area contributed by atoms with Gasteiger partial charge in [-0.3, -0.25) is 14.4 Å². The Labute approximate surface area is 128 Å². The van der Waals surface area contributed by atoms with E-state index in [-0.39, 0.29) is 31.5 Å². The Kier molecular flexibility index (Phi) is 8.31. The second kappa shape index (κ2) is 10.0. The molecule has 0 saturated carbocycles. The van der Waals surface area contributed by atoms with Crippen LogP contribution in [-0.4, -0.2) is 55.6 Å². The topological polar surface area (TPSA) is 99.2 Å². The van der Waals surface area contributed by atoms with Crippen molar-refractivity contribution in [3.8, 4) is 0 Å². The number of hydrogen-bond acceptors (Lipinski definition) is 7. The maximum Gasteiger partial charge on any atom is 0.333 e. The van der Waals surface area contributed by atoms with Gasteiger partial charge in [0.05, 0.1) is 19.6 Å². The van der Waals surface area contributed by atoms with Gasteiger partial charge < -0.3 is 14.3 Å². The average Bonchev–Trinajstić information content (AvgIpc) is 2.80. The summed E-state index contributed by atoms with van der Waals surface area (Å²) < 4.78 is 10.0. The summed E-state index contributed by atoms with van der Waals surface area (Å²) >= 11 is 0. The number of methoxy groups -OCH3 is 1. The number of amides is 2. The van der Waals surface area contributed by atoms with Gasteiger partial charge in [0, 0.05) is 39.4 Å². The van der Waals surface area contributed by atoms with Crippen LogP contribution in [0.4, 0.5) is 0 Å². The molecule has 0 N–H and O–H groups in total. The zero-order valence-electron chi connectivity index (χ0n) is 12.7. The van der Waals surface area contributed by atoms with Crippen molar-refractivity contribution in [3.05, 3.63) is 0 Å². The number of hydroxylamine groups is 2. The highest BCUT2D eigenvalue weighted by atomic mass is 16.7. The molecular formula is C14H21NO7. The van der Waals surface area contributed by atoms with E-state index in [1.54, 1.807) is 7.11 Å². The molecule has 1 heterocycles. The van der Waals surface area contributed by atoms with Gasteiger partial charge in [-0.05, 0) is 6.42 Å². The van der Waals surface area contributed by atoms with Gasteiger partial charge in [-0.1, -0.05) is 0 Å². The molecule has 22 heavy (non-hydrogen) atoms. The van der Waals surface area contributed by atoms with Crippen molar-refractivity contribution in [2.45, 2.75) is 38.5 Å². The Bertz CT molecular complexity index is 405. The average molecular weight is 315 g/mol. The van der Waals surface area contributed by atoms with E-state index in [9.17, 15) is 19.2 Å². The fourth-order valence-electron chi connectivity index (χ4n) is 1.79. The van der Waals surface area contributed by atoms with Crippen molar-refractivity contribution < 1.29 is 33.5 Å². The Balaban J connectivity index is 2.09. The van der Waals surface area contributed by atoms with Crippen LogP contribution in [0.3, 0.4) is 0 Å². The lowest BCUT2D eigenvalue weighted by Gasteiger charge is -2.12. The molecule has 8 nitrogen and oxygen atoms in total. The molecule has 0 aromatic heterocycles. The second-order valence-corrected chi connectivity index (χ2v) is 4.79. The monoisotopic (exact) mass is 315 g/mol. The number of carbonyl (C=O) groups is 4. The van der Waals surface area contributed by atoms with E-state index < -0.39 is 17.8 Å². The fraction of sp³-hybridized carbons (Fsp3) is 0.714. The Morgan fingerprint density at radius 1 is 1.00 bits per heavy atom. The lowest BCUT2D eigenvalue weighted by atomic mass is 10.1. The normalized spacial score (nSPS) is 14.5. The van der Waals surface area contributed by atoms with Crippen molar-refractivity contribution in [2.24, 2.45) is 0 Å². The van der Waals surface area contributed by atoms with Crippen molar-refractivity contribution in [2.75, 3.05) is 26.9 Å². The van der Waals surface area contributed by atoms with Gasteiger partial charge in [0.15, 0.2) is 0 Å². The highest BCUT2D eigenvalue weighted by molar-refractivity contribution is 6.01. The zero-order chi connectivity index (χ0) is 16.4. The fourth-order valence-corrected chi connectivity index (χ4v) is 1.79. The quantitative estimate of drug-likeness (QED) is 0.401. The molecule has 8 heteroatoms. The highest BCUT2D eigenvalue weighted by Gasteiger charge is 2.32. The molecule has 2 amide bonds. The van der Waals surface area contributed by atoms with Crippen LogP contribution in [0.1, 0.15) is 38.5 Å². The maximum absolute atomic E-state index is 11.6. The van der Waals surface area contributed by atoms with Crippen molar-refractivity contribution >= 4 is 23.6 Å². The van der Waals surface area contributed by atoms with Gasteiger partial charge in [-0.2, -0.15) is 0 Å². The van der Waals surface area contributed by atoms with Crippen LogP contribution in [0.15, 0.2) is 0 Å². The molecule has 1 aliphatic heterocycles. The molecule has 1 fully saturated rings. The van der Waals surface area contributed by atoms with E-state index in [2.05, 4.69) is 4.84 Å². The molecular weight excluding hydrogens is 294 g/mol. The number of imide groups is 1. The molecule has 0 spiro atoms. The van der Waals surface area contributed by atoms with E-state index in [1.165, 1.54) is 0 Å². The summed E-state index contributed by atoms with van der Waals surface area (Å²) in [6.45, 7) is 1.44. The number of Topliss-reactive ketones (excluding diaryl/α,β-unsaturated/α-hetero) is 1. The van der Waals surface area contributed by atoms with E-state index in [0.717, 1.165) is 0 Å². The third-order valence-corrected chi connectivity index (χ3v) is 2.98. The molecule has 1 rings (SSSR count). The number of rotatable bonds is 11. The molecule has 0 atom stereocenters. The first kappa shape index (κ1) is 18.2. The van der Waals surface area contributed by atoms with Crippen LogP contribution in [0.2, 0.25) is 0 Å². The third kappa shape index (κ3) is 6.77. The first-order chi connectivity index (χ1) is 10.5. The lowest BCUT2D eigenvalue weighted by molar-refractivity contribution is -0.197. The minimum Gasteiger partial charge on any atom is -0.382 e. The van der Waals surface area contributed by atoms with Gasteiger partial charge in [0.2, 0.25) is 0 Å². The Morgan fingerprint density at radius 3 is 2.32 bits per heavy atom. The van der Waals surface area contributed by atoms with Crippen LogP contribution in [-0.2, 0) is 33.5 Å². The summed E-state index contributed by atoms with van der Waals surface area (Å²) in [5.74, 6) is -1.91. The van der Waals surface area contributed by atoms with Crippen LogP contribution < -0.4 is 0 Å². The molecule has 1 saturated heterocycles. The predicted molar refractivity (Wildman–Crippen MR) is 73.3 cm³/mol. The predicted octanol–water partition coefficient (Wildman–Crippen LogP) is 0.386. The van der Waals surface area contributed by atoms with Crippen LogP contribution in [0.25, 0.3) is 0 Å². The third-order valence-electron chi connectivity index (χ3n) is 2.98. The number of nitrogens with zero attached hydrogens (tertiary/aromatic N) is 1. The molecule has 0 unspecified atom stereocenters. The van der Waals surface area contributed by atoms with E-state index in [4.69, 9.17) is 9.47 Å². The second-order valence-electron chi connectivity index (χ2n) is 4.79. The molecule has 0 bridgehead atoms. The maximum atomic E-state index is 11.6. The zero-order valence-corrected chi connectivity index (χ0v) is 12.7. The van der Waals surface area contributed by atoms with E-state index in [1.807, 2.05) is 0 Å². The SMILES string of the molecule is COCCOCCCC(=O)CCC(=O)ON1C(=O)CCC1=O. The standard InChI is InChI=1S/C14H21NO7/c1-20-9-10-21-8-2-3-11(16)4-7-14(19)22-15-12(17)5-6-13(15)18/h2-10H2,1H3. The minimum atomic E-state index is -0.756. The van der Waals surface area contributed by atoms with E-state index >= 15 is 0 Å². The largest absolute Gasteiger partial charge is 0.382 e. The summed E-state index contributed by atoms with van der Waals surface area (Å²) in [6, 6.07) is 0. The minimum absolute atomic E-state index is 0.0210. The summed E-state index contributed by atoms with van der Waals surface area (Å²) in [6.07, 6.45) is 0.846. The van der Waals surface area contributed by atoms with Crippen molar-refractivity contribution in [1.82, 2.24) is 5.06 Å². The van der Waals surface area contributed by atoms with Crippen molar-refractivity contribution in [1.29, 1.82) is 0 Å². The Hall–Kier alpha value is -1.80. The van der Waals surface area contributed by atoms with Gasteiger partial charge in [-0.25, -0.2) is 4.79 Å². The van der Waals surface area contributed by atoms with Gasteiger partial charge in [0.25, 0.3) is 11.8 Å². The highest BCUT2D eigenvalue weighted by Crippen LogP contribution is 2.13. The van der Waals surface area contributed by atoms with Gasteiger partial charge >= 0.3 is 5.97 Å². The summed E-state index contributed by atoms with van der Waals surface area (Å²) in [4.78, 5) is 50.2. The number of hydrogen-bond donors (Lipinski definition) is 0. The van der Waals surface area contributed by atoms with Gasteiger partial charge in [0.1, 0.15) is 5.78 Å².